The molecule has 7 heteroatoms. The van der Waals surface area contributed by atoms with E-state index in [9.17, 15) is 4.79 Å². The Hall–Kier alpha value is -2.80. The average Bonchev–Trinajstić information content (AvgIpc) is 3.22. The summed E-state index contributed by atoms with van der Waals surface area (Å²) < 4.78 is 7.30. The van der Waals surface area contributed by atoms with E-state index in [2.05, 4.69) is 22.1 Å². The molecule has 1 amide bonds. The highest BCUT2D eigenvalue weighted by Gasteiger charge is 2.17. The van der Waals surface area contributed by atoms with Gasteiger partial charge in [0.2, 0.25) is 5.91 Å². The van der Waals surface area contributed by atoms with Crippen LogP contribution < -0.4 is 5.32 Å². The number of aryl methyl sites for hydroxylation is 3. The fourth-order valence-corrected chi connectivity index (χ4v) is 3.52. The number of hydrogen-bond acceptors (Lipinski definition) is 5. The molecular weight excluding hydrogens is 360 g/mol. The van der Waals surface area contributed by atoms with Crippen molar-refractivity contribution in [2.24, 2.45) is 0 Å². The molecular formula is C20H22N4O2S. The van der Waals surface area contributed by atoms with Crippen LogP contribution >= 0.6 is 11.8 Å². The predicted molar refractivity (Wildman–Crippen MR) is 108 cm³/mol. The van der Waals surface area contributed by atoms with Crippen molar-refractivity contribution in [3.63, 3.8) is 0 Å². The number of nitrogens with zero attached hydrogens (tertiary/aromatic N) is 3. The van der Waals surface area contributed by atoms with Gasteiger partial charge in [-0.05, 0) is 38.5 Å². The van der Waals surface area contributed by atoms with E-state index >= 15 is 0 Å². The lowest BCUT2D eigenvalue weighted by Gasteiger charge is -2.10. The van der Waals surface area contributed by atoms with Crippen LogP contribution in [0.1, 0.15) is 16.9 Å². The fourth-order valence-electron chi connectivity index (χ4n) is 2.78. The number of benzene rings is 1. The third-order valence-electron chi connectivity index (χ3n) is 4.12. The number of carbonyl (C=O) groups excluding carboxylic acids is 1. The van der Waals surface area contributed by atoms with E-state index in [-0.39, 0.29) is 11.7 Å². The van der Waals surface area contributed by atoms with Crippen molar-refractivity contribution in [3.05, 3.63) is 60.1 Å². The highest BCUT2D eigenvalue weighted by molar-refractivity contribution is 7.99. The average molecular weight is 382 g/mol. The number of nitrogens with one attached hydrogen (secondary N) is 1. The lowest BCUT2D eigenvalue weighted by Crippen LogP contribution is -2.15. The van der Waals surface area contributed by atoms with Gasteiger partial charge in [0, 0.05) is 12.2 Å². The summed E-state index contributed by atoms with van der Waals surface area (Å²) in [5, 5.41) is 12.1. The molecule has 0 spiro atoms. The number of anilines is 1. The molecule has 0 unspecified atom stereocenters. The second-order valence-electron chi connectivity index (χ2n) is 6.25. The zero-order chi connectivity index (χ0) is 19.4. The monoisotopic (exact) mass is 382 g/mol. The van der Waals surface area contributed by atoms with E-state index in [0.29, 0.717) is 17.5 Å². The summed E-state index contributed by atoms with van der Waals surface area (Å²) in [7, 11) is 0. The minimum Gasteiger partial charge on any atom is -0.469 e. The van der Waals surface area contributed by atoms with Crippen LogP contribution in [0.15, 0.2) is 52.8 Å². The predicted octanol–water partition coefficient (Wildman–Crippen LogP) is 4.38. The van der Waals surface area contributed by atoms with Crippen LogP contribution in [0.25, 0.3) is 11.4 Å². The minimum atomic E-state index is -0.0823. The van der Waals surface area contributed by atoms with Gasteiger partial charge >= 0.3 is 0 Å². The van der Waals surface area contributed by atoms with Crippen molar-refractivity contribution in [1.82, 2.24) is 14.8 Å². The van der Waals surface area contributed by atoms with Crippen molar-refractivity contribution in [2.45, 2.75) is 32.5 Å². The topological polar surface area (TPSA) is 73.0 Å². The van der Waals surface area contributed by atoms with Crippen LogP contribution in [0.4, 0.5) is 5.69 Å². The van der Waals surface area contributed by atoms with Crippen molar-refractivity contribution in [3.8, 4) is 11.4 Å². The van der Waals surface area contributed by atoms with Gasteiger partial charge in [-0.2, -0.15) is 0 Å². The Kier molecular flexibility index (Phi) is 5.81. The Morgan fingerprint density at radius 1 is 1.30 bits per heavy atom. The first-order chi connectivity index (χ1) is 13.0. The minimum absolute atomic E-state index is 0.0823. The van der Waals surface area contributed by atoms with Crippen LogP contribution in [0.5, 0.6) is 0 Å². The molecule has 6 nitrogen and oxygen atoms in total. The molecule has 0 saturated heterocycles. The first kappa shape index (κ1) is 19.0. The SMILES string of the molecule is C=CCn1c(SCC(=O)Nc2ccc(C)cc2C)nnc1-c1ccoc1C. The molecule has 0 fully saturated rings. The third-order valence-corrected chi connectivity index (χ3v) is 5.08. The number of hydrogen-bond donors (Lipinski definition) is 1. The molecule has 0 aliphatic heterocycles. The van der Waals surface area contributed by atoms with Gasteiger partial charge in [0.25, 0.3) is 0 Å². The summed E-state index contributed by atoms with van der Waals surface area (Å²) in [5.41, 5.74) is 3.92. The van der Waals surface area contributed by atoms with Crippen LogP contribution in [-0.4, -0.2) is 26.4 Å². The normalized spacial score (nSPS) is 10.8. The van der Waals surface area contributed by atoms with Gasteiger partial charge in [0.05, 0.1) is 17.6 Å². The lowest BCUT2D eigenvalue weighted by atomic mass is 10.1. The van der Waals surface area contributed by atoms with E-state index in [1.54, 1.807) is 12.3 Å². The molecule has 27 heavy (non-hydrogen) atoms. The summed E-state index contributed by atoms with van der Waals surface area (Å²) in [6.07, 6.45) is 3.41. The van der Waals surface area contributed by atoms with Crippen molar-refractivity contribution in [1.29, 1.82) is 0 Å². The summed E-state index contributed by atoms with van der Waals surface area (Å²) >= 11 is 1.35. The van der Waals surface area contributed by atoms with E-state index < -0.39 is 0 Å². The molecule has 0 bridgehead atoms. The maximum absolute atomic E-state index is 12.4. The standard InChI is InChI=1S/C20H22N4O2S/c1-5-9-24-19(16-8-10-26-15(16)4)22-23-20(24)27-12-18(25)21-17-7-6-13(2)11-14(17)3/h5-8,10-11H,1,9,12H2,2-4H3,(H,21,25). The molecule has 0 aliphatic rings. The summed E-state index contributed by atoms with van der Waals surface area (Å²) in [6, 6.07) is 7.81. The third kappa shape index (κ3) is 4.31. The van der Waals surface area contributed by atoms with Crippen molar-refractivity contribution >= 4 is 23.4 Å². The first-order valence-corrected chi connectivity index (χ1v) is 9.56. The van der Waals surface area contributed by atoms with E-state index in [1.165, 1.54) is 17.3 Å². The maximum Gasteiger partial charge on any atom is 0.234 e. The number of furan rings is 1. The summed E-state index contributed by atoms with van der Waals surface area (Å²) in [6.45, 7) is 10.2. The molecule has 1 N–H and O–H groups in total. The Bertz CT molecular complexity index is 974. The largest absolute Gasteiger partial charge is 0.469 e. The van der Waals surface area contributed by atoms with Crippen molar-refractivity contribution < 1.29 is 9.21 Å². The van der Waals surface area contributed by atoms with Gasteiger partial charge in [-0.1, -0.05) is 35.5 Å². The van der Waals surface area contributed by atoms with Crippen LogP contribution in [-0.2, 0) is 11.3 Å². The second-order valence-corrected chi connectivity index (χ2v) is 7.19. The van der Waals surface area contributed by atoms with E-state index in [1.807, 2.05) is 49.6 Å². The molecule has 0 radical (unpaired) electrons. The Morgan fingerprint density at radius 3 is 2.78 bits per heavy atom. The van der Waals surface area contributed by atoms with Gasteiger partial charge in [-0.15, -0.1) is 16.8 Å². The van der Waals surface area contributed by atoms with Gasteiger partial charge in [0.1, 0.15) is 5.76 Å². The molecule has 0 atom stereocenters. The first-order valence-electron chi connectivity index (χ1n) is 8.58. The Morgan fingerprint density at radius 2 is 2.11 bits per heavy atom. The van der Waals surface area contributed by atoms with Crippen LogP contribution in [0.3, 0.4) is 0 Å². The van der Waals surface area contributed by atoms with E-state index in [0.717, 1.165) is 22.6 Å². The van der Waals surface area contributed by atoms with Gasteiger partial charge in [-0.25, -0.2) is 0 Å². The van der Waals surface area contributed by atoms with Crippen LogP contribution in [0, 0.1) is 20.8 Å². The summed E-state index contributed by atoms with van der Waals surface area (Å²) in [5.74, 6) is 1.64. The fraction of sp³-hybridized carbons (Fsp3) is 0.250. The number of carbonyl (C=O) groups is 1. The molecule has 1 aromatic carbocycles. The second kappa shape index (κ2) is 8.26. The molecule has 3 aromatic rings. The highest BCUT2D eigenvalue weighted by Crippen LogP contribution is 2.27. The Balaban J connectivity index is 1.72. The number of rotatable bonds is 7. The molecule has 0 saturated carbocycles. The number of allylic oxidation sites excluding steroid dienone is 1. The zero-order valence-corrected chi connectivity index (χ0v) is 16.5. The Labute approximate surface area is 162 Å². The number of thioether (sulfide) groups is 1. The quantitative estimate of drug-likeness (QED) is 0.485. The van der Waals surface area contributed by atoms with Crippen molar-refractivity contribution in [2.75, 3.05) is 11.1 Å². The molecule has 0 aliphatic carbocycles. The smallest absolute Gasteiger partial charge is 0.234 e. The highest BCUT2D eigenvalue weighted by atomic mass is 32.2. The van der Waals surface area contributed by atoms with Crippen LogP contribution in [0.2, 0.25) is 0 Å². The summed E-state index contributed by atoms with van der Waals surface area (Å²) in [4.78, 5) is 12.4. The molecule has 3 rings (SSSR count). The maximum atomic E-state index is 12.4. The molecule has 2 heterocycles. The zero-order valence-electron chi connectivity index (χ0n) is 15.7. The lowest BCUT2D eigenvalue weighted by molar-refractivity contribution is -0.113. The van der Waals surface area contributed by atoms with E-state index in [4.69, 9.17) is 4.42 Å². The molecule has 140 valence electrons. The number of aromatic nitrogens is 3. The van der Waals surface area contributed by atoms with Gasteiger partial charge in [-0.3, -0.25) is 9.36 Å². The van der Waals surface area contributed by atoms with Gasteiger partial charge < -0.3 is 9.73 Å². The molecule has 2 aromatic heterocycles. The number of amides is 1. The van der Waals surface area contributed by atoms with Gasteiger partial charge in [0.15, 0.2) is 11.0 Å².